The molecule has 0 radical (unpaired) electrons. The predicted octanol–water partition coefficient (Wildman–Crippen LogP) is 4.75. The number of benzene rings is 1. The third-order valence-electron chi connectivity index (χ3n) is 4.10. The number of alkyl halides is 1. The van der Waals surface area contributed by atoms with E-state index in [4.69, 9.17) is 5.26 Å². The zero-order valence-corrected chi connectivity index (χ0v) is 15.5. The summed E-state index contributed by atoms with van der Waals surface area (Å²) in [5.74, 6) is -0.310. The lowest BCUT2D eigenvalue weighted by Gasteiger charge is -2.33. The van der Waals surface area contributed by atoms with Gasteiger partial charge in [0, 0.05) is 34.8 Å². The summed E-state index contributed by atoms with van der Waals surface area (Å²) in [6, 6.07) is 10.8. The Bertz CT molecular complexity index is 737. The molecule has 124 valence electrons. The maximum atomic E-state index is 14.1. The Morgan fingerprint density at radius 3 is 2.67 bits per heavy atom. The third kappa shape index (κ3) is 4.08. The normalized spacial score (nSPS) is 15.3. The second-order valence-electron chi connectivity index (χ2n) is 5.70. The number of hydrogen-bond donors (Lipinski definition) is 0. The molecule has 1 aliphatic rings. The van der Waals surface area contributed by atoms with Crippen molar-refractivity contribution in [3.63, 3.8) is 0 Å². The van der Waals surface area contributed by atoms with E-state index in [0.29, 0.717) is 16.5 Å². The quantitative estimate of drug-likeness (QED) is 0.688. The third-order valence-corrected chi connectivity index (χ3v) is 5.99. The van der Waals surface area contributed by atoms with E-state index in [1.807, 2.05) is 30.1 Å². The van der Waals surface area contributed by atoms with Gasteiger partial charge in [-0.15, -0.1) is 11.8 Å². The number of piperidine rings is 1. The lowest BCUT2D eigenvalue weighted by Crippen LogP contribution is -2.35. The molecule has 0 aliphatic carbocycles. The van der Waals surface area contributed by atoms with Gasteiger partial charge in [-0.3, -0.25) is 4.98 Å². The van der Waals surface area contributed by atoms with Gasteiger partial charge in [-0.25, -0.2) is 4.39 Å². The summed E-state index contributed by atoms with van der Waals surface area (Å²) in [7, 11) is 0. The van der Waals surface area contributed by atoms with Crippen LogP contribution in [-0.4, -0.2) is 23.3 Å². The number of nitriles is 1. The summed E-state index contributed by atoms with van der Waals surface area (Å²) in [6.45, 7) is 1.65. The van der Waals surface area contributed by atoms with E-state index in [1.54, 1.807) is 12.1 Å². The Hall–Kier alpha value is -1.58. The van der Waals surface area contributed by atoms with Gasteiger partial charge in [-0.05, 0) is 43.2 Å². The van der Waals surface area contributed by atoms with E-state index in [-0.39, 0.29) is 5.82 Å². The molecule has 0 bridgehead atoms. The van der Waals surface area contributed by atoms with E-state index in [0.717, 1.165) is 37.0 Å². The Morgan fingerprint density at radius 2 is 2.08 bits per heavy atom. The van der Waals surface area contributed by atoms with Gasteiger partial charge < -0.3 is 4.90 Å². The molecule has 2 heterocycles. The van der Waals surface area contributed by atoms with Crippen molar-refractivity contribution >= 4 is 33.4 Å². The van der Waals surface area contributed by atoms with Crippen LogP contribution >= 0.6 is 27.7 Å². The first-order chi connectivity index (χ1) is 11.7. The Labute approximate surface area is 154 Å². The Kier molecular flexibility index (Phi) is 5.75. The fourth-order valence-corrected chi connectivity index (χ4v) is 4.22. The van der Waals surface area contributed by atoms with Crippen LogP contribution in [0, 0.1) is 17.1 Å². The summed E-state index contributed by atoms with van der Waals surface area (Å²) in [4.78, 5) is 7.65. The molecule has 1 aromatic carbocycles. The smallest absolute Gasteiger partial charge is 0.147 e. The highest BCUT2D eigenvalue weighted by Crippen LogP contribution is 2.32. The van der Waals surface area contributed by atoms with Crippen molar-refractivity contribution in [3.8, 4) is 6.07 Å². The van der Waals surface area contributed by atoms with Crippen LogP contribution in [0.25, 0.3) is 0 Å². The van der Waals surface area contributed by atoms with Gasteiger partial charge in [-0.2, -0.15) is 5.26 Å². The van der Waals surface area contributed by atoms with Crippen LogP contribution in [0.2, 0.25) is 0 Å². The van der Waals surface area contributed by atoms with Crippen LogP contribution in [0.15, 0.2) is 41.4 Å². The molecule has 6 heteroatoms. The number of anilines is 1. The minimum Gasteiger partial charge on any atom is -0.369 e. The van der Waals surface area contributed by atoms with Crippen LogP contribution in [-0.2, 0) is 5.33 Å². The molecule has 1 saturated heterocycles. The van der Waals surface area contributed by atoms with Crippen molar-refractivity contribution in [1.82, 2.24) is 4.98 Å². The second kappa shape index (κ2) is 8.00. The van der Waals surface area contributed by atoms with Gasteiger partial charge >= 0.3 is 0 Å². The standard InChI is InChI=1S/C18H17BrFN3S/c19-10-14-2-3-16(12-22-14)24-15-5-7-23(8-6-15)18-4-1-13(11-21)9-17(18)20/h1-4,9,12,15H,5-8,10H2. The first-order valence-electron chi connectivity index (χ1n) is 7.81. The fourth-order valence-electron chi connectivity index (χ4n) is 2.80. The molecule has 0 N–H and O–H groups in total. The second-order valence-corrected chi connectivity index (χ2v) is 7.64. The summed E-state index contributed by atoms with van der Waals surface area (Å²) in [5.41, 5.74) is 1.99. The Balaban J connectivity index is 1.58. The predicted molar refractivity (Wildman–Crippen MR) is 99.1 cm³/mol. The topological polar surface area (TPSA) is 39.9 Å². The first-order valence-corrected chi connectivity index (χ1v) is 9.82. The maximum Gasteiger partial charge on any atom is 0.147 e. The van der Waals surface area contributed by atoms with Gasteiger partial charge in [0.05, 0.1) is 23.0 Å². The molecule has 2 aromatic rings. The highest BCUT2D eigenvalue weighted by Gasteiger charge is 2.22. The molecule has 0 spiro atoms. The fraction of sp³-hybridized carbons (Fsp3) is 0.333. The lowest BCUT2D eigenvalue weighted by molar-refractivity contribution is 0.566. The number of nitrogens with zero attached hydrogens (tertiary/aromatic N) is 3. The molecule has 3 rings (SSSR count). The van der Waals surface area contributed by atoms with Crippen LogP contribution in [0.3, 0.4) is 0 Å². The minimum atomic E-state index is -0.310. The van der Waals surface area contributed by atoms with E-state index >= 15 is 0 Å². The molecule has 1 aliphatic heterocycles. The number of pyridine rings is 1. The minimum absolute atomic E-state index is 0.310. The number of halogens is 2. The molecule has 0 unspecified atom stereocenters. The molecular weight excluding hydrogens is 389 g/mol. The van der Waals surface area contributed by atoms with Crippen LogP contribution in [0.1, 0.15) is 24.1 Å². The number of aromatic nitrogens is 1. The summed E-state index contributed by atoms with van der Waals surface area (Å²) >= 11 is 5.25. The maximum absolute atomic E-state index is 14.1. The van der Waals surface area contributed by atoms with Gasteiger partial charge in [0.15, 0.2) is 0 Å². The summed E-state index contributed by atoms with van der Waals surface area (Å²) in [5, 5.41) is 10.1. The molecule has 0 amide bonds. The van der Waals surface area contributed by atoms with Gasteiger partial charge in [0.25, 0.3) is 0 Å². The van der Waals surface area contributed by atoms with Crippen molar-refractivity contribution in [3.05, 3.63) is 53.6 Å². The molecule has 0 saturated carbocycles. The molecule has 24 heavy (non-hydrogen) atoms. The largest absolute Gasteiger partial charge is 0.369 e. The van der Waals surface area contributed by atoms with Crippen molar-refractivity contribution in [2.45, 2.75) is 28.3 Å². The van der Waals surface area contributed by atoms with Crippen molar-refractivity contribution in [2.24, 2.45) is 0 Å². The number of thioether (sulfide) groups is 1. The van der Waals surface area contributed by atoms with Gasteiger partial charge in [0.2, 0.25) is 0 Å². The first kappa shape index (κ1) is 17.2. The molecule has 1 aromatic heterocycles. The highest BCUT2D eigenvalue weighted by molar-refractivity contribution is 9.08. The summed E-state index contributed by atoms with van der Waals surface area (Å²) in [6.07, 6.45) is 3.93. The molecule has 3 nitrogen and oxygen atoms in total. The van der Waals surface area contributed by atoms with Gasteiger partial charge in [-0.1, -0.05) is 15.9 Å². The van der Waals surface area contributed by atoms with Crippen LogP contribution < -0.4 is 4.90 Å². The van der Waals surface area contributed by atoms with E-state index < -0.39 is 0 Å². The van der Waals surface area contributed by atoms with Crippen LogP contribution in [0.5, 0.6) is 0 Å². The van der Waals surface area contributed by atoms with E-state index in [1.165, 1.54) is 11.0 Å². The van der Waals surface area contributed by atoms with E-state index in [2.05, 4.69) is 31.9 Å². The van der Waals surface area contributed by atoms with Crippen LogP contribution in [0.4, 0.5) is 10.1 Å². The molecule has 0 atom stereocenters. The number of rotatable bonds is 4. The Morgan fingerprint density at radius 1 is 1.29 bits per heavy atom. The van der Waals surface area contributed by atoms with Crippen molar-refractivity contribution in [1.29, 1.82) is 5.26 Å². The SMILES string of the molecule is N#Cc1ccc(N2CCC(Sc3ccc(CBr)nc3)CC2)c(F)c1. The average Bonchev–Trinajstić information content (AvgIpc) is 2.63. The molecular formula is C18H17BrFN3S. The zero-order chi connectivity index (χ0) is 16.9. The summed E-state index contributed by atoms with van der Waals surface area (Å²) < 4.78 is 14.1. The zero-order valence-electron chi connectivity index (χ0n) is 13.1. The van der Waals surface area contributed by atoms with Crippen molar-refractivity contribution in [2.75, 3.05) is 18.0 Å². The monoisotopic (exact) mass is 405 g/mol. The highest BCUT2D eigenvalue weighted by atomic mass is 79.9. The van der Waals surface area contributed by atoms with E-state index in [9.17, 15) is 4.39 Å². The van der Waals surface area contributed by atoms with Crippen molar-refractivity contribution < 1.29 is 4.39 Å². The van der Waals surface area contributed by atoms with Gasteiger partial charge in [0.1, 0.15) is 5.82 Å². The molecule has 1 fully saturated rings. The lowest BCUT2D eigenvalue weighted by atomic mass is 10.1. The number of hydrogen-bond acceptors (Lipinski definition) is 4. The average molecular weight is 406 g/mol.